The molecule has 3 rings (SSSR count). The van der Waals surface area contributed by atoms with Gasteiger partial charge in [-0.05, 0) is 80.9 Å². The van der Waals surface area contributed by atoms with Gasteiger partial charge in [0.1, 0.15) is 15.0 Å². The molecule has 1 aromatic rings. The van der Waals surface area contributed by atoms with Crippen LogP contribution in [0.15, 0.2) is 39.3 Å². The second-order valence-corrected chi connectivity index (χ2v) is 20.7. The van der Waals surface area contributed by atoms with E-state index in [0.717, 1.165) is 10.5 Å². The summed E-state index contributed by atoms with van der Waals surface area (Å²) in [6.45, 7) is 13.8. The van der Waals surface area contributed by atoms with Gasteiger partial charge >= 0.3 is 5.97 Å². The molecule has 1 aromatic carbocycles. The summed E-state index contributed by atoms with van der Waals surface area (Å²) in [5.41, 5.74) is 0.764. The molecule has 1 fully saturated rings. The SMILES string of the molecule is CC[C@@H](C)[C@@H]([C@@H](CC(=O)N1CCC[C@H]1[C@H](OC)[C@@H](C)C(=O)N[C@@H](Cc1ccccc1)C(=O)O)OC)N(C)C(=O)[C@@H](CC(=O)[C@H](C(C)C)N(C)C(=O)CCCCCN1C(=O)C(Br)=C(Br)C1=O)C(C)C. The number of amides is 6. The highest BCUT2D eigenvalue weighted by Gasteiger charge is 2.44. The Morgan fingerprint density at radius 1 is 0.853 bits per heavy atom. The van der Waals surface area contributed by atoms with Crippen LogP contribution in [-0.2, 0) is 54.3 Å². The van der Waals surface area contributed by atoms with E-state index in [4.69, 9.17) is 9.47 Å². The molecule has 0 aromatic heterocycles. The minimum Gasteiger partial charge on any atom is -0.480 e. The van der Waals surface area contributed by atoms with Crippen molar-refractivity contribution < 1.29 is 52.9 Å². The molecule has 380 valence electrons. The number of hydrogen-bond donors (Lipinski definition) is 2. The molecule has 16 nitrogen and oxygen atoms in total. The lowest BCUT2D eigenvalue weighted by Crippen LogP contribution is -2.55. The molecule has 0 aliphatic carbocycles. The lowest BCUT2D eigenvalue weighted by Gasteiger charge is -2.41. The van der Waals surface area contributed by atoms with Crippen molar-refractivity contribution >= 4 is 79.1 Å². The topological polar surface area (TPSA) is 200 Å². The third-order valence-corrected chi connectivity index (χ3v) is 15.8. The Balaban J connectivity index is 1.70. The minimum atomic E-state index is -1.16. The number of methoxy groups -OCH3 is 2. The van der Waals surface area contributed by atoms with Crippen molar-refractivity contribution in [2.24, 2.45) is 29.6 Å². The number of nitrogens with zero attached hydrogens (tertiary/aromatic N) is 4. The molecular weight excluding hydrogens is 1010 g/mol. The number of unbranched alkanes of at least 4 members (excludes halogenated alkanes) is 2. The normalized spacial score (nSPS) is 18.8. The Kier molecular flexibility index (Phi) is 23.5. The van der Waals surface area contributed by atoms with Gasteiger partial charge in [0, 0.05) is 66.6 Å². The standard InChI is InChI=1S/C50H75Br2N5O11/c1-12-31(6)44(38(67-10)28-40(60)56-25-19-22-36(56)45(68-11)32(7)46(61)53-35(50(65)66)26-33-20-15-13-16-21-33)55(9)47(62)34(29(2)3)27-37(58)43(30(4)5)54(8)39(59)23-17-14-18-24-57-48(63)41(51)42(52)49(57)64/h13,15-16,20-21,29-32,34-36,38,43-45H,12,14,17-19,22-28H2,1-11H3,(H,53,61)(H,65,66)/t31-,32-,34+,35+,36+,38-,43+,44+,45-/m1/s1. The number of carboxylic acid groups (broad SMARTS) is 1. The smallest absolute Gasteiger partial charge is 0.326 e. The third-order valence-electron chi connectivity index (χ3n) is 13.8. The van der Waals surface area contributed by atoms with Crippen LogP contribution in [0.25, 0.3) is 0 Å². The Bertz CT molecular complexity index is 1940. The monoisotopic (exact) mass is 1080 g/mol. The van der Waals surface area contributed by atoms with Crippen molar-refractivity contribution in [1.29, 1.82) is 0 Å². The van der Waals surface area contributed by atoms with E-state index in [1.807, 2.05) is 47.6 Å². The van der Waals surface area contributed by atoms with E-state index >= 15 is 0 Å². The van der Waals surface area contributed by atoms with Gasteiger partial charge < -0.3 is 34.6 Å². The highest BCUT2D eigenvalue weighted by Crippen LogP contribution is 2.32. The van der Waals surface area contributed by atoms with E-state index < -0.39 is 71.9 Å². The summed E-state index contributed by atoms with van der Waals surface area (Å²) >= 11 is 6.26. The molecule has 0 saturated carbocycles. The second kappa shape index (κ2) is 27.4. The van der Waals surface area contributed by atoms with Gasteiger partial charge in [0.25, 0.3) is 11.8 Å². The van der Waals surface area contributed by atoms with Gasteiger partial charge in [0.2, 0.25) is 23.6 Å². The zero-order chi connectivity index (χ0) is 51.2. The van der Waals surface area contributed by atoms with Gasteiger partial charge in [0.05, 0.1) is 42.7 Å². The summed E-state index contributed by atoms with van der Waals surface area (Å²) in [6, 6.07) is 6.09. The fraction of sp³-hybridized carbons (Fsp3) is 0.680. The van der Waals surface area contributed by atoms with E-state index in [-0.39, 0.29) is 82.5 Å². The van der Waals surface area contributed by atoms with Gasteiger partial charge in [-0.25, -0.2) is 4.79 Å². The van der Waals surface area contributed by atoms with Crippen molar-refractivity contribution in [2.45, 2.75) is 149 Å². The maximum Gasteiger partial charge on any atom is 0.326 e. The maximum atomic E-state index is 14.7. The van der Waals surface area contributed by atoms with Gasteiger partial charge in [0.15, 0.2) is 5.78 Å². The molecule has 1 saturated heterocycles. The first-order valence-corrected chi connectivity index (χ1v) is 25.5. The average molecular weight is 1080 g/mol. The number of carboxylic acids is 1. The molecular formula is C50H75Br2N5O11. The Morgan fingerprint density at radius 3 is 2.00 bits per heavy atom. The number of nitrogens with one attached hydrogen (secondary N) is 1. The van der Waals surface area contributed by atoms with Crippen LogP contribution in [0.1, 0.15) is 112 Å². The van der Waals surface area contributed by atoms with Crippen molar-refractivity contribution in [3.8, 4) is 0 Å². The van der Waals surface area contributed by atoms with E-state index in [2.05, 4.69) is 37.2 Å². The number of rotatable bonds is 28. The number of likely N-dealkylation sites (tertiary alicyclic amines) is 1. The lowest BCUT2D eigenvalue weighted by atomic mass is 9.83. The molecule has 2 aliphatic rings. The summed E-state index contributed by atoms with van der Waals surface area (Å²) in [5.74, 6) is -5.52. The minimum absolute atomic E-state index is 0.0658. The molecule has 6 amide bonds. The van der Waals surface area contributed by atoms with Crippen LogP contribution in [0.3, 0.4) is 0 Å². The number of imide groups is 1. The predicted octanol–water partition coefficient (Wildman–Crippen LogP) is 6.36. The summed E-state index contributed by atoms with van der Waals surface area (Å²) in [5, 5.41) is 12.6. The summed E-state index contributed by atoms with van der Waals surface area (Å²) in [6.07, 6.45) is 2.17. The Labute approximate surface area is 419 Å². The van der Waals surface area contributed by atoms with Gasteiger partial charge in [-0.3, -0.25) is 38.5 Å². The van der Waals surface area contributed by atoms with Crippen molar-refractivity contribution in [1.82, 2.24) is 24.9 Å². The van der Waals surface area contributed by atoms with Crippen molar-refractivity contribution in [3.63, 3.8) is 0 Å². The number of hydrogen-bond acceptors (Lipinski definition) is 10. The van der Waals surface area contributed by atoms with Gasteiger partial charge in [-0.15, -0.1) is 0 Å². The highest BCUT2D eigenvalue weighted by molar-refractivity contribution is 9.14. The van der Waals surface area contributed by atoms with E-state index in [1.54, 1.807) is 55.1 Å². The summed E-state index contributed by atoms with van der Waals surface area (Å²) in [7, 11) is 6.30. The van der Waals surface area contributed by atoms with Crippen LogP contribution in [0.5, 0.6) is 0 Å². The largest absolute Gasteiger partial charge is 0.480 e. The molecule has 9 atom stereocenters. The third kappa shape index (κ3) is 15.0. The number of aliphatic carboxylic acids is 1. The second-order valence-electron chi connectivity index (χ2n) is 19.1. The molecule has 18 heteroatoms. The Hall–Kier alpha value is -4.00. The molecule has 0 spiro atoms. The zero-order valence-corrected chi connectivity index (χ0v) is 45.0. The maximum absolute atomic E-state index is 14.7. The van der Waals surface area contributed by atoms with Crippen LogP contribution in [0.4, 0.5) is 0 Å². The number of likely N-dealkylation sites (N-methyl/N-ethyl adjacent to an activating group) is 2. The number of ketones is 1. The first-order chi connectivity index (χ1) is 32.0. The number of benzene rings is 1. The Morgan fingerprint density at radius 2 is 1.47 bits per heavy atom. The van der Waals surface area contributed by atoms with Gasteiger partial charge in [-0.2, -0.15) is 0 Å². The van der Waals surface area contributed by atoms with Crippen molar-refractivity contribution in [2.75, 3.05) is 41.4 Å². The fourth-order valence-corrected chi connectivity index (χ4v) is 10.4. The number of ether oxygens (including phenoxy) is 2. The number of carbonyl (C=O) groups excluding carboxylic acids is 7. The van der Waals surface area contributed by atoms with Crippen LogP contribution in [-0.4, -0.2) is 150 Å². The summed E-state index contributed by atoms with van der Waals surface area (Å²) < 4.78 is 12.3. The molecule has 0 unspecified atom stereocenters. The fourth-order valence-electron chi connectivity index (χ4n) is 9.68. The van der Waals surface area contributed by atoms with Crippen LogP contribution < -0.4 is 5.32 Å². The quantitative estimate of drug-likeness (QED) is 0.0699. The van der Waals surface area contributed by atoms with Crippen LogP contribution in [0.2, 0.25) is 0 Å². The van der Waals surface area contributed by atoms with Crippen LogP contribution in [0, 0.1) is 29.6 Å². The van der Waals surface area contributed by atoms with E-state index in [0.29, 0.717) is 45.1 Å². The molecule has 2 aliphatic heterocycles. The van der Waals surface area contributed by atoms with E-state index in [9.17, 15) is 43.5 Å². The molecule has 2 N–H and O–H groups in total. The van der Waals surface area contributed by atoms with Gasteiger partial charge in [-0.1, -0.05) is 91.6 Å². The first kappa shape index (κ1) is 58.3. The molecule has 2 heterocycles. The molecule has 0 radical (unpaired) electrons. The van der Waals surface area contributed by atoms with Crippen LogP contribution >= 0.6 is 31.9 Å². The average Bonchev–Trinajstić information content (AvgIpc) is 3.86. The molecule has 68 heavy (non-hydrogen) atoms. The van der Waals surface area contributed by atoms with E-state index in [1.165, 1.54) is 19.1 Å². The van der Waals surface area contributed by atoms with Crippen molar-refractivity contribution in [3.05, 3.63) is 44.9 Å². The summed E-state index contributed by atoms with van der Waals surface area (Å²) in [4.78, 5) is 113. The number of carbonyl (C=O) groups is 8. The first-order valence-electron chi connectivity index (χ1n) is 23.9. The number of halogens is 2. The predicted molar refractivity (Wildman–Crippen MR) is 265 cm³/mol. The zero-order valence-electron chi connectivity index (χ0n) is 41.8. The molecule has 0 bridgehead atoms. The lowest BCUT2D eigenvalue weighted by molar-refractivity contribution is -0.150. The highest BCUT2D eigenvalue weighted by atomic mass is 79.9. The number of Topliss-reactive ketones (excluding diaryl/α,β-unsaturated/α-hetero) is 1.